The molecule has 2 atom stereocenters. The molecule has 12 heavy (non-hydrogen) atoms. The van der Waals surface area contributed by atoms with Gasteiger partial charge in [-0.05, 0) is 13.3 Å². The first-order chi connectivity index (χ1) is 5.74. The molecule has 0 bridgehead atoms. The summed E-state index contributed by atoms with van der Waals surface area (Å²) in [7, 11) is 0. The van der Waals surface area contributed by atoms with Gasteiger partial charge in [0.1, 0.15) is 0 Å². The van der Waals surface area contributed by atoms with E-state index in [9.17, 15) is 5.11 Å². The van der Waals surface area contributed by atoms with Crippen molar-refractivity contribution in [3.8, 4) is 0 Å². The number of hydrogen-bond acceptors (Lipinski definition) is 3. The first-order valence-electron chi connectivity index (χ1n) is 4.87. The lowest BCUT2D eigenvalue weighted by molar-refractivity contribution is 0.0819. The maximum Gasteiger partial charge on any atom is 0.0639 e. The zero-order valence-corrected chi connectivity index (χ0v) is 8.08. The van der Waals surface area contributed by atoms with Crippen molar-refractivity contribution < 1.29 is 5.11 Å². The standard InChI is InChI=1S/C9H20N2O/c1-3-9-6-10-4-5-11(9)7-8(2)12/h8-10,12H,3-7H2,1-2H3/t8-,9+/m0/s1. The second-order valence-electron chi connectivity index (χ2n) is 3.61. The van der Waals surface area contributed by atoms with E-state index in [0.29, 0.717) is 6.04 Å². The lowest BCUT2D eigenvalue weighted by atomic mass is 10.1. The van der Waals surface area contributed by atoms with Gasteiger partial charge in [-0.1, -0.05) is 6.92 Å². The third-order valence-corrected chi connectivity index (χ3v) is 2.44. The molecule has 1 rings (SSSR count). The van der Waals surface area contributed by atoms with Gasteiger partial charge < -0.3 is 10.4 Å². The van der Waals surface area contributed by atoms with Crippen molar-refractivity contribution in [1.29, 1.82) is 0 Å². The molecule has 0 spiro atoms. The number of aliphatic hydroxyl groups excluding tert-OH is 1. The molecule has 1 heterocycles. The van der Waals surface area contributed by atoms with Crippen molar-refractivity contribution in [2.24, 2.45) is 0 Å². The maximum atomic E-state index is 9.26. The zero-order chi connectivity index (χ0) is 8.97. The molecule has 0 saturated carbocycles. The first-order valence-corrected chi connectivity index (χ1v) is 4.87. The second kappa shape index (κ2) is 4.80. The third kappa shape index (κ3) is 2.73. The second-order valence-corrected chi connectivity index (χ2v) is 3.61. The summed E-state index contributed by atoms with van der Waals surface area (Å²) in [6.45, 7) is 8.08. The van der Waals surface area contributed by atoms with Crippen molar-refractivity contribution in [1.82, 2.24) is 10.2 Å². The smallest absolute Gasteiger partial charge is 0.0639 e. The average molecular weight is 172 g/mol. The fourth-order valence-electron chi connectivity index (χ4n) is 1.79. The van der Waals surface area contributed by atoms with Crippen LogP contribution in [0, 0.1) is 0 Å². The molecule has 0 amide bonds. The Balaban J connectivity index is 2.36. The minimum atomic E-state index is -0.197. The van der Waals surface area contributed by atoms with E-state index in [1.807, 2.05) is 6.92 Å². The van der Waals surface area contributed by atoms with Crippen LogP contribution in [0.15, 0.2) is 0 Å². The number of nitrogens with one attached hydrogen (secondary N) is 1. The average Bonchev–Trinajstić information content (AvgIpc) is 2.04. The Hall–Kier alpha value is -0.120. The fraction of sp³-hybridized carbons (Fsp3) is 1.00. The van der Waals surface area contributed by atoms with Gasteiger partial charge in [-0.3, -0.25) is 4.90 Å². The molecule has 0 aromatic carbocycles. The highest BCUT2D eigenvalue weighted by atomic mass is 16.3. The molecule has 2 N–H and O–H groups in total. The van der Waals surface area contributed by atoms with Gasteiger partial charge >= 0.3 is 0 Å². The summed E-state index contributed by atoms with van der Waals surface area (Å²) in [4.78, 5) is 2.38. The Morgan fingerprint density at radius 3 is 3.00 bits per heavy atom. The van der Waals surface area contributed by atoms with Gasteiger partial charge in [0.25, 0.3) is 0 Å². The van der Waals surface area contributed by atoms with E-state index in [2.05, 4.69) is 17.1 Å². The molecule has 1 saturated heterocycles. The van der Waals surface area contributed by atoms with Crippen molar-refractivity contribution in [3.05, 3.63) is 0 Å². The van der Waals surface area contributed by atoms with E-state index in [1.54, 1.807) is 0 Å². The first kappa shape index (κ1) is 9.96. The van der Waals surface area contributed by atoms with Crippen molar-refractivity contribution >= 4 is 0 Å². The Labute approximate surface area is 74.8 Å². The largest absolute Gasteiger partial charge is 0.392 e. The number of β-amino-alcohol motifs (C(OH)–C–C–N with tert-alkyl or cyclic N) is 1. The van der Waals surface area contributed by atoms with E-state index in [-0.39, 0.29) is 6.10 Å². The summed E-state index contributed by atoms with van der Waals surface area (Å²) in [5, 5.41) is 12.6. The van der Waals surface area contributed by atoms with E-state index in [1.165, 1.54) is 6.42 Å². The minimum Gasteiger partial charge on any atom is -0.392 e. The normalized spacial score (nSPS) is 28.8. The highest BCUT2D eigenvalue weighted by Gasteiger charge is 2.20. The van der Waals surface area contributed by atoms with Gasteiger partial charge in [0, 0.05) is 32.2 Å². The van der Waals surface area contributed by atoms with Crippen LogP contribution in [0.1, 0.15) is 20.3 Å². The van der Waals surface area contributed by atoms with Gasteiger partial charge in [-0.2, -0.15) is 0 Å². The Morgan fingerprint density at radius 1 is 1.67 bits per heavy atom. The van der Waals surface area contributed by atoms with Crippen LogP contribution in [-0.4, -0.2) is 48.3 Å². The Bertz CT molecular complexity index is 128. The quantitative estimate of drug-likeness (QED) is 0.631. The van der Waals surface area contributed by atoms with Crippen molar-refractivity contribution in [2.45, 2.75) is 32.4 Å². The molecule has 0 unspecified atom stereocenters. The molecular formula is C9H20N2O. The highest BCUT2D eigenvalue weighted by molar-refractivity contribution is 4.79. The number of hydrogen-bond donors (Lipinski definition) is 2. The van der Waals surface area contributed by atoms with Crippen LogP contribution in [0.25, 0.3) is 0 Å². The van der Waals surface area contributed by atoms with Crippen LogP contribution in [0.4, 0.5) is 0 Å². The van der Waals surface area contributed by atoms with Gasteiger partial charge in [0.2, 0.25) is 0 Å². The number of aliphatic hydroxyl groups is 1. The molecule has 1 aliphatic rings. The molecule has 1 fully saturated rings. The molecule has 72 valence electrons. The van der Waals surface area contributed by atoms with Crippen LogP contribution < -0.4 is 5.32 Å². The summed E-state index contributed by atoms with van der Waals surface area (Å²) in [6, 6.07) is 0.619. The van der Waals surface area contributed by atoms with Gasteiger partial charge in [-0.15, -0.1) is 0 Å². The van der Waals surface area contributed by atoms with Gasteiger partial charge in [0.15, 0.2) is 0 Å². The van der Waals surface area contributed by atoms with Gasteiger partial charge in [0.05, 0.1) is 6.10 Å². The molecule has 0 aromatic rings. The Morgan fingerprint density at radius 2 is 2.42 bits per heavy atom. The summed E-state index contributed by atoms with van der Waals surface area (Å²) in [5.41, 5.74) is 0. The van der Waals surface area contributed by atoms with Crippen LogP contribution in [0.3, 0.4) is 0 Å². The predicted molar refractivity (Wildman–Crippen MR) is 50.2 cm³/mol. The minimum absolute atomic E-state index is 0.197. The fourth-order valence-corrected chi connectivity index (χ4v) is 1.79. The molecule has 3 nitrogen and oxygen atoms in total. The Kier molecular flexibility index (Phi) is 3.98. The summed E-state index contributed by atoms with van der Waals surface area (Å²) in [6.07, 6.45) is 0.969. The number of rotatable bonds is 3. The summed E-state index contributed by atoms with van der Waals surface area (Å²) < 4.78 is 0. The van der Waals surface area contributed by atoms with Crippen molar-refractivity contribution in [2.75, 3.05) is 26.2 Å². The highest BCUT2D eigenvalue weighted by Crippen LogP contribution is 2.07. The topological polar surface area (TPSA) is 35.5 Å². The monoisotopic (exact) mass is 172 g/mol. The van der Waals surface area contributed by atoms with E-state index in [0.717, 1.165) is 26.2 Å². The van der Waals surface area contributed by atoms with Crippen LogP contribution in [-0.2, 0) is 0 Å². The SMILES string of the molecule is CC[C@@H]1CNCCN1C[C@H](C)O. The number of piperazine rings is 1. The molecule has 1 aliphatic heterocycles. The maximum absolute atomic E-state index is 9.26. The lowest BCUT2D eigenvalue weighted by Gasteiger charge is -2.36. The van der Waals surface area contributed by atoms with E-state index < -0.39 is 0 Å². The lowest BCUT2D eigenvalue weighted by Crippen LogP contribution is -2.52. The molecule has 0 aliphatic carbocycles. The van der Waals surface area contributed by atoms with Crippen LogP contribution in [0.2, 0.25) is 0 Å². The number of nitrogens with zero attached hydrogens (tertiary/aromatic N) is 1. The summed E-state index contributed by atoms with van der Waals surface area (Å²) in [5.74, 6) is 0. The zero-order valence-electron chi connectivity index (χ0n) is 8.08. The molecular weight excluding hydrogens is 152 g/mol. The summed E-state index contributed by atoms with van der Waals surface area (Å²) >= 11 is 0. The van der Waals surface area contributed by atoms with Crippen LogP contribution >= 0.6 is 0 Å². The van der Waals surface area contributed by atoms with E-state index in [4.69, 9.17) is 0 Å². The van der Waals surface area contributed by atoms with Crippen molar-refractivity contribution in [3.63, 3.8) is 0 Å². The predicted octanol–water partition coefficient (Wildman–Crippen LogP) is 0.0510. The van der Waals surface area contributed by atoms with Crippen LogP contribution in [0.5, 0.6) is 0 Å². The molecule has 3 heteroatoms. The van der Waals surface area contributed by atoms with E-state index >= 15 is 0 Å². The third-order valence-electron chi connectivity index (χ3n) is 2.44. The molecule has 0 aromatic heterocycles. The molecule has 0 radical (unpaired) electrons. The van der Waals surface area contributed by atoms with Gasteiger partial charge in [-0.25, -0.2) is 0 Å².